The number of aliphatic hydroxyl groups is 1. The number of hydrogen-bond acceptors (Lipinski definition) is 5. The SMILES string of the molecule is C#C[C@@]1(O)CCC2C3CCC4=C/C(=N/OCC(=O)NC(C(=O)O)C(C)CC)CC[C@]4(C)C3CC[C@@]21C. The number of oxime groups is 1. The molecular formula is C29H42N2O5. The molecule has 1 amide bonds. The summed E-state index contributed by atoms with van der Waals surface area (Å²) in [5.74, 6) is 2.70. The number of carboxylic acid groups (broad SMARTS) is 1. The van der Waals surface area contributed by atoms with Crippen LogP contribution in [0.3, 0.4) is 0 Å². The van der Waals surface area contributed by atoms with Crippen LogP contribution in [-0.4, -0.2) is 46.1 Å². The maximum Gasteiger partial charge on any atom is 0.326 e. The Morgan fingerprint density at radius 2 is 1.94 bits per heavy atom. The molecule has 8 atom stereocenters. The molecule has 198 valence electrons. The van der Waals surface area contributed by atoms with Gasteiger partial charge in [-0.3, -0.25) is 4.79 Å². The topological polar surface area (TPSA) is 108 Å². The summed E-state index contributed by atoms with van der Waals surface area (Å²) in [6.07, 6.45) is 16.3. The van der Waals surface area contributed by atoms with Gasteiger partial charge in [0.2, 0.25) is 0 Å². The Balaban J connectivity index is 1.40. The lowest BCUT2D eigenvalue weighted by molar-refractivity contribution is -0.144. The van der Waals surface area contributed by atoms with Crippen LogP contribution in [0.1, 0.15) is 85.5 Å². The molecule has 0 aromatic heterocycles. The summed E-state index contributed by atoms with van der Waals surface area (Å²) in [6.45, 7) is 8.01. The molecule has 0 heterocycles. The normalized spacial score (nSPS) is 40.1. The largest absolute Gasteiger partial charge is 0.480 e. The zero-order chi connectivity index (χ0) is 26.3. The molecular weight excluding hydrogens is 456 g/mol. The number of carboxylic acids is 1. The molecule has 0 spiro atoms. The van der Waals surface area contributed by atoms with Gasteiger partial charge in [-0.1, -0.05) is 50.8 Å². The Morgan fingerprint density at radius 1 is 1.22 bits per heavy atom. The third kappa shape index (κ3) is 4.36. The summed E-state index contributed by atoms with van der Waals surface area (Å²) in [5, 5.41) is 27.3. The Hall–Kier alpha value is -2.33. The summed E-state index contributed by atoms with van der Waals surface area (Å²) < 4.78 is 0. The number of rotatable bonds is 7. The maximum atomic E-state index is 12.2. The molecule has 0 saturated heterocycles. The number of allylic oxidation sites excluding steroid dienone is 2. The maximum absolute atomic E-state index is 12.2. The van der Waals surface area contributed by atoms with Gasteiger partial charge in [0.1, 0.15) is 11.6 Å². The van der Waals surface area contributed by atoms with Crippen molar-refractivity contribution in [2.75, 3.05) is 6.61 Å². The van der Waals surface area contributed by atoms with Crippen LogP contribution in [-0.2, 0) is 14.4 Å². The fraction of sp³-hybridized carbons (Fsp3) is 0.759. The van der Waals surface area contributed by atoms with Gasteiger partial charge < -0.3 is 20.4 Å². The van der Waals surface area contributed by atoms with Gasteiger partial charge in [-0.25, -0.2) is 4.79 Å². The second-order valence-corrected chi connectivity index (χ2v) is 12.1. The van der Waals surface area contributed by atoms with Gasteiger partial charge in [0.15, 0.2) is 6.61 Å². The molecule has 4 aliphatic carbocycles. The van der Waals surface area contributed by atoms with Crippen molar-refractivity contribution in [3.8, 4) is 12.3 Å². The van der Waals surface area contributed by atoms with Crippen molar-refractivity contribution in [2.45, 2.75) is 97.1 Å². The van der Waals surface area contributed by atoms with Gasteiger partial charge in [0.05, 0.1) is 5.71 Å². The molecule has 3 saturated carbocycles. The van der Waals surface area contributed by atoms with E-state index in [4.69, 9.17) is 11.3 Å². The zero-order valence-electron chi connectivity index (χ0n) is 22.2. The molecule has 4 aliphatic rings. The average molecular weight is 499 g/mol. The number of aliphatic carboxylic acids is 1. The molecule has 0 radical (unpaired) electrons. The Kier molecular flexibility index (Phi) is 7.31. The van der Waals surface area contributed by atoms with Crippen molar-refractivity contribution in [3.63, 3.8) is 0 Å². The third-order valence-electron chi connectivity index (χ3n) is 10.5. The number of nitrogens with zero attached hydrogens (tertiary/aromatic N) is 1. The molecule has 0 aliphatic heterocycles. The smallest absolute Gasteiger partial charge is 0.326 e. The summed E-state index contributed by atoms with van der Waals surface area (Å²) in [7, 11) is 0. The molecule has 3 N–H and O–H groups in total. The van der Waals surface area contributed by atoms with Crippen molar-refractivity contribution in [1.82, 2.24) is 5.32 Å². The summed E-state index contributed by atoms with van der Waals surface area (Å²) in [6, 6.07) is -0.930. The molecule has 4 rings (SSSR count). The van der Waals surface area contributed by atoms with Crippen LogP contribution >= 0.6 is 0 Å². The van der Waals surface area contributed by atoms with Crippen molar-refractivity contribution in [1.29, 1.82) is 0 Å². The fourth-order valence-corrected chi connectivity index (χ4v) is 7.97. The molecule has 7 nitrogen and oxygen atoms in total. The van der Waals surface area contributed by atoms with Crippen LogP contribution in [0, 0.1) is 46.8 Å². The lowest BCUT2D eigenvalue weighted by Crippen LogP contribution is -2.54. The van der Waals surface area contributed by atoms with Crippen LogP contribution < -0.4 is 5.32 Å². The van der Waals surface area contributed by atoms with E-state index in [0.29, 0.717) is 30.6 Å². The average Bonchev–Trinajstić information content (AvgIpc) is 3.13. The molecule has 36 heavy (non-hydrogen) atoms. The Bertz CT molecular complexity index is 998. The Morgan fingerprint density at radius 3 is 2.61 bits per heavy atom. The van der Waals surface area contributed by atoms with Gasteiger partial charge in [0.25, 0.3) is 5.91 Å². The first kappa shape index (κ1) is 26.7. The van der Waals surface area contributed by atoms with E-state index >= 15 is 0 Å². The first-order chi connectivity index (χ1) is 17.0. The number of carbonyl (C=O) groups excluding carboxylic acids is 1. The van der Waals surface area contributed by atoms with E-state index in [-0.39, 0.29) is 23.4 Å². The third-order valence-corrected chi connectivity index (χ3v) is 10.5. The summed E-state index contributed by atoms with van der Waals surface area (Å²) in [4.78, 5) is 29.0. The van der Waals surface area contributed by atoms with Gasteiger partial charge in [-0.05, 0) is 86.5 Å². The zero-order valence-corrected chi connectivity index (χ0v) is 22.2. The van der Waals surface area contributed by atoms with Crippen molar-refractivity contribution < 1.29 is 24.6 Å². The highest BCUT2D eigenvalue weighted by atomic mass is 16.6. The van der Waals surface area contributed by atoms with Gasteiger partial charge in [-0.15, -0.1) is 6.42 Å². The van der Waals surface area contributed by atoms with E-state index in [1.807, 2.05) is 6.92 Å². The molecule has 3 fully saturated rings. The highest BCUT2D eigenvalue weighted by molar-refractivity contribution is 5.96. The standard InChI is InChI=1S/C29H42N2O5/c1-6-18(3)25(26(33)34)30-24(32)17-36-31-20-10-13-27(4)19(16-20)8-9-21-22(27)11-14-28(5)23(21)12-15-29(28,35)7-2/h2,16,18,21-23,25,35H,6,8-15,17H2,1,3-5H3,(H,30,32)(H,33,34)/b31-20+/t18?,21?,22?,23?,25?,27-,28-,29+/m0/s1. The second kappa shape index (κ2) is 9.85. The van der Waals surface area contributed by atoms with Gasteiger partial charge in [-0.2, -0.15) is 0 Å². The minimum absolute atomic E-state index is 0.114. The van der Waals surface area contributed by atoms with Gasteiger partial charge >= 0.3 is 5.97 Å². The number of amides is 1. The van der Waals surface area contributed by atoms with E-state index in [2.05, 4.69) is 36.3 Å². The Labute approximate surface area is 215 Å². The molecule has 7 heteroatoms. The first-order valence-corrected chi connectivity index (χ1v) is 13.6. The number of carbonyl (C=O) groups is 2. The second-order valence-electron chi connectivity index (χ2n) is 12.1. The molecule has 0 aromatic rings. The van der Waals surface area contributed by atoms with E-state index < -0.39 is 23.5 Å². The molecule has 0 aromatic carbocycles. The highest BCUT2D eigenvalue weighted by Gasteiger charge is 2.63. The van der Waals surface area contributed by atoms with E-state index in [9.17, 15) is 19.8 Å². The van der Waals surface area contributed by atoms with E-state index in [1.165, 1.54) is 5.57 Å². The quantitative estimate of drug-likeness (QED) is 0.358. The van der Waals surface area contributed by atoms with E-state index in [1.54, 1.807) is 6.92 Å². The van der Waals surface area contributed by atoms with E-state index in [0.717, 1.165) is 50.7 Å². The van der Waals surface area contributed by atoms with Crippen LogP contribution in [0.5, 0.6) is 0 Å². The highest BCUT2D eigenvalue weighted by Crippen LogP contribution is 2.67. The lowest BCUT2D eigenvalue weighted by atomic mass is 9.46. The molecule has 0 bridgehead atoms. The number of hydrogen-bond donors (Lipinski definition) is 3. The van der Waals surface area contributed by atoms with Crippen LogP contribution in [0.2, 0.25) is 0 Å². The number of nitrogens with one attached hydrogen (secondary N) is 1. The van der Waals surface area contributed by atoms with Crippen molar-refractivity contribution in [3.05, 3.63) is 11.6 Å². The van der Waals surface area contributed by atoms with Crippen LogP contribution in [0.15, 0.2) is 16.8 Å². The van der Waals surface area contributed by atoms with Crippen molar-refractivity contribution in [2.24, 2.45) is 39.7 Å². The minimum Gasteiger partial charge on any atom is -0.480 e. The number of fused-ring (bicyclic) bond motifs is 5. The van der Waals surface area contributed by atoms with Crippen LogP contribution in [0.4, 0.5) is 0 Å². The van der Waals surface area contributed by atoms with Gasteiger partial charge in [0, 0.05) is 5.41 Å². The number of terminal acetylenes is 1. The minimum atomic E-state index is -1.04. The first-order valence-electron chi connectivity index (χ1n) is 13.6. The molecule has 5 unspecified atom stereocenters. The summed E-state index contributed by atoms with van der Waals surface area (Å²) >= 11 is 0. The van der Waals surface area contributed by atoms with Crippen LogP contribution in [0.25, 0.3) is 0 Å². The van der Waals surface area contributed by atoms with Crippen molar-refractivity contribution >= 4 is 17.6 Å². The summed E-state index contributed by atoms with van der Waals surface area (Å²) in [5.41, 5.74) is 1.20. The predicted molar refractivity (Wildman–Crippen MR) is 138 cm³/mol. The monoisotopic (exact) mass is 498 g/mol. The lowest BCUT2D eigenvalue weighted by Gasteiger charge is -2.58. The fourth-order valence-electron chi connectivity index (χ4n) is 7.97. The predicted octanol–water partition coefficient (Wildman–Crippen LogP) is 4.30.